The van der Waals surface area contributed by atoms with Crippen molar-refractivity contribution in [3.05, 3.63) is 11.7 Å². The maximum absolute atomic E-state index is 6.01. The number of aromatic nitrogens is 2. The zero-order valence-electron chi connectivity index (χ0n) is 11.5. The van der Waals surface area contributed by atoms with Gasteiger partial charge in [-0.15, -0.1) is 0 Å². The van der Waals surface area contributed by atoms with Crippen molar-refractivity contribution in [2.24, 2.45) is 11.7 Å². The van der Waals surface area contributed by atoms with Gasteiger partial charge in [0.25, 0.3) is 0 Å². The van der Waals surface area contributed by atoms with Crippen LogP contribution in [-0.4, -0.2) is 22.8 Å². The minimum Gasteiger partial charge on any atom is -0.367 e. The van der Waals surface area contributed by atoms with Gasteiger partial charge in [0, 0.05) is 19.1 Å². The molecule has 102 valence electrons. The van der Waals surface area contributed by atoms with Crippen molar-refractivity contribution in [1.29, 1.82) is 0 Å². The van der Waals surface area contributed by atoms with E-state index in [9.17, 15) is 0 Å². The van der Waals surface area contributed by atoms with Crippen molar-refractivity contribution in [1.82, 2.24) is 10.1 Å². The fourth-order valence-electron chi connectivity index (χ4n) is 2.10. The first-order chi connectivity index (χ1) is 8.51. The zero-order valence-corrected chi connectivity index (χ0v) is 11.5. The molecule has 0 amide bonds. The van der Waals surface area contributed by atoms with Gasteiger partial charge in [-0.05, 0) is 32.1 Å². The second-order valence-electron chi connectivity index (χ2n) is 5.66. The smallest absolute Gasteiger partial charge is 0.228 e. The summed E-state index contributed by atoms with van der Waals surface area (Å²) in [5.74, 6) is 1.68. The monoisotopic (exact) mass is 253 g/mol. The van der Waals surface area contributed by atoms with E-state index in [2.05, 4.69) is 24.0 Å². The summed E-state index contributed by atoms with van der Waals surface area (Å²) in [7, 11) is 0. The molecule has 5 nitrogen and oxygen atoms in total. The summed E-state index contributed by atoms with van der Waals surface area (Å²) in [4.78, 5) is 4.45. The second kappa shape index (κ2) is 5.36. The van der Waals surface area contributed by atoms with E-state index in [4.69, 9.17) is 15.0 Å². The molecule has 1 aliphatic rings. The Morgan fingerprint density at radius 2 is 2.17 bits per heavy atom. The summed E-state index contributed by atoms with van der Waals surface area (Å²) < 4.78 is 11.1. The molecule has 0 aliphatic carbocycles. The number of nitrogens with two attached hydrogens (primary N) is 1. The van der Waals surface area contributed by atoms with E-state index >= 15 is 0 Å². The third-order valence-corrected chi connectivity index (χ3v) is 3.68. The van der Waals surface area contributed by atoms with Crippen LogP contribution in [0.5, 0.6) is 0 Å². The van der Waals surface area contributed by atoms with Gasteiger partial charge in [-0.2, -0.15) is 4.98 Å². The molecular weight excluding hydrogens is 230 g/mol. The van der Waals surface area contributed by atoms with E-state index in [1.165, 1.54) is 0 Å². The second-order valence-corrected chi connectivity index (χ2v) is 5.66. The minimum atomic E-state index is -0.387. The van der Waals surface area contributed by atoms with Crippen LogP contribution in [0.2, 0.25) is 0 Å². The van der Waals surface area contributed by atoms with Gasteiger partial charge in [-0.3, -0.25) is 0 Å². The van der Waals surface area contributed by atoms with Crippen LogP contribution in [0.15, 0.2) is 4.52 Å². The lowest BCUT2D eigenvalue weighted by Gasteiger charge is -2.30. The van der Waals surface area contributed by atoms with Crippen LogP contribution in [0.3, 0.4) is 0 Å². The molecule has 1 aromatic heterocycles. The summed E-state index contributed by atoms with van der Waals surface area (Å²) >= 11 is 0. The Morgan fingerprint density at radius 1 is 1.39 bits per heavy atom. The average molecular weight is 253 g/mol. The summed E-state index contributed by atoms with van der Waals surface area (Å²) in [6.45, 7) is 6.98. The number of hydrogen-bond acceptors (Lipinski definition) is 5. The van der Waals surface area contributed by atoms with Gasteiger partial charge < -0.3 is 15.0 Å². The van der Waals surface area contributed by atoms with E-state index in [1.807, 2.05) is 6.92 Å². The van der Waals surface area contributed by atoms with Crippen LogP contribution < -0.4 is 5.73 Å². The number of hydrogen-bond donors (Lipinski definition) is 1. The lowest BCUT2D eigenvalue weighted by Crippen LogP contribution is -2.32. The summed E-state index contributed by atoms with van der Waals surface area (Å²) in [6, 6.07) is 0.0541. The van der Waals surface area contributed by atoms with E-state index in [0.29, 0.717) is 24.1 Å². The lowest BCUT2D eigenvalue weighted by atomic mass is 9.95. The Hall–Kier alpha value is -0.940. The molecule has 2 unspecified atom stereocenters. The molecule has 0 aromatic carbocycles. The maximum Gasteiger partial charge on any atom is 0.228 e. The Bertz CT molecular complexity index is 383. The van der Waals surface area contributed by atoms with Crippen LogP contribution in [-0.2, 0) is 16.8 Å². The van der Waals surface area contributed by atoms with Gasteiger partial charge in [0.15, 0.2) is 0 Å². The normalized spacial score (nSPS) is 26.5. The highest BCUT2D eigenvalue weighted by atomic mass is 16.5. The number of ether oxygens (including phenoxy) is 1. The molecule has 2 rings (SSSR count). The van der Waals surface area contributed by atoms with Crippen molar-refractivity contribution in [2.45, 2.75) is 58.1 Å². The van der Waals surface area contributed by atoms with Crippen LogP contribution in [0.1, 0.15) is 51.7 Å². The molecule has 1 fully saturated rings. The van der Waals surface area contributed by atoms with Crippen LogP contribution in [0, 0.1) is 5.92 Å². The maximum atomic E-state index is 6.01. The van der Waals surface area contributed by atoms with E-state index < -0.39 is 0 Å². The molecule has 18 heavy (non-hydrogen) atoms. The van der Waals surface area contributed by atoms with Gasteiger partial charge in [-0.25, -0.2) is 0 Å². The quantitative estimate of drug-likeness (QED) is 0.888. The van der Waals surface area contributed by atoms with Gasteiger partial charge in [-0.1, -0.05) is 19.0 Å². The van der Waals surface area contributed by atoms with Crippen molar-refractivity contribution in [3.63, 3.8) is 0 Å². The largest absolute Gasteiger partial charge is 0.367 e. The van der Waals surface area contributed by atoms with Crippen molar-refractivity contribution in [3.8, 4) is 0 Å². The number of nitrogens with zero attached hydrogens (tertiary/aromatic N) is 2. The highest BCUT2D eigenvalue weighted by Gasteiger charge is 2.35. The third kappa shape index (κ3) is 2.90. The Morgan fingerprint density at radius 3 is 2.78 bits per heavy atom. The summed E-state index contributed by atoms with van der Waals surface area (Å²) in [6.07, 6.45) is 3.83. The van der Waals surface area contributed by atoms with Crippen molar-refractivity contribution < 1.29 is 9.26 Å². The molecule has 0 saturated carbocycles. The van der Waals surface area contributed by atoms with Crippen LogP contribution >= 0.6 is 0 Å². The summed E-state index contributed by atoms with van der Waals surface area (Å²) in [5.41, 5.74) is 5.62. The molecular formula is C13H23N3O2. The van der Waals surface area contributed by atoms with Gasteiger partial charge >= 0.3 is 0 Å². The molecule has 2 atom stereocenters. The lowest BCUT2D eigenvalue weighted by molar-refractivity contribution is -0.0770. The molecule has 1 saturated heterocycles. The molecule has 1 aromatic rings. The molecule has 5 heteroatoms. The van der Waals surface area contributed by atoms with Crippen LogP contribution in [0.25, 0.3) is 0 Å². The molecule has 2 heterocycles. The Labute approximate surface area is 108 Å². The molecule has 2 N–H and O–H groups in total. The molecule has 0 bridgehead atoms. The van der Waals surface area contributed by atoms with Gasteiger partial charge in [0.2, 0.25) is 11.7 Å². The zero-order chi connectivity index (χ0) is 13.2. The standard InChI is InChI=1S/C13H23N3O2/c1-9(2)10(14)8-11-15-12(16-18-11)13(3)6-4-5-7-17-13/h9-10H,4-8,14H2,1-3H3. The topological polar surface area (TPSA) is 74.2 Å². The first-order valence-electron chi connectivity index (χ1n) is 6.74. The van der Waals surface area contributed by atoms with Crippen molar-refractivity contribution >= 4 is 0 Å². The minimum absolute atomic E-state index is 0.0541. The third-order valence-electron chi connectivity index (χ3n) is 3.68. The predicted octanol–water partition coefficient (Wildman–Crippen LogP) is 2.01. The van der Waals surface area contributed by atoms with Gasteiger partial charge in [0.05, 0.1) is 0 Å². The Kier molecular flexibility index (Phi) is 4.02. The SMILES string of the molecule is CC(C)C(N)Cc1nc(C2(C)CCCCO2)no1. The Balaban J connectivity index is 2.05. The van der Waals surface area contributed by atoms with Gasteiger partial charge in [0.1, 0.15) is 5.60 Å². The molecule has 0 radical (unpaired) electrons. The first kappa shape index (κ1) is 13.5. The highest BCUT2D eigenvalue weighted by Crippen LogP contribution is 2.32. The van der Waals surface area contributed by atoms with Crippen LogP contribution in [0.4, 0.5) is 0 Å². The van der Waals surface area contributed by atoms with E-state index in [1.54, 1.807) is 0 Å². The fourth-order valence-corrected chi connectivity index (χ4v) is 2.10. The number of rotatable bonds is 4. The highest BCUT2D eigenvalue weighted by molar-refractivity contribution is 5.01. The summed E-state index contributed by atoms with van der Waals surface area (Å²) in [5, 5.41) is 4.06. The fraction of sp³-hybridized carbons (Fsp3) is 0.846. The van der Waals surface area contributed by atoms with Crippen molar-refractivity contribution in [2.75, 3.05) is 6.61 Å². The van der Waals surface area contributed by atoms with E-state index in [0.717, 1.165) is 25.9 Å². The first-order valence-corrected chi connectivity index (χ1v) is 6.74. The average Bonchev–Trinajstić information content (AvgIpc) is 2.79. The predicted molar refractivity (Wildman–Crippen MR) is 68.0 cm³/mol. The molecule has 0 spiro atoms. The van der Waals surface area contributed by atoms with E-state index in [-0.39, 0.29) is 11.6 Å². The molecule has 1 aliphatic heterocycles.